The summed E-state index contributed by atoms with van der Waals surface area (Å²) in [6.07, 6.45) is -1.55. The average Bonchev–Trinajstić information content (AvgIpc) is 3.35. The Kier molecular flexibility index (Phi) is 5.40. The minimum Gasteiger partial charge on any atom is -0.454 e. The molecule has 14 heteroatoms. The monoisotopic (exact) mass is 484 g/mol. The van der Waals surface area contributed by atoms with Crippen LogP contribution in [-0.4, -0.2) is 75.1 Å². The Hall–Kier alpha value is -3.32. The van der Waals surface area contributed by atoms with Crippen molar-refractivity contribution < 1.29 is 26.7 Å². The summed E-state index contributed by atoms with van der Waals surface area (Å²) in [5.41, 5.74) is 2.10. The van der Waals surface area contributed by atoms with E-state index in [1.165, 1.54) is 12.4 Å². The van der Waals surface area contributed by atoms with Gasteiger partial charge in [0, 0.05) is 31.6 Å². The SMILES string of the molecule is Cc1nc(OCC(F)(F)F)ncc1N1CC2(CCN(c3cnc4cnn(CC(F)F)c4n3)C2)C1. The van der Waals surface area contributed by atoms with Crippen LogP contribution in [0.1, 0.15) is 12.1 Å². The van der Waals surface area contributed by atoms with Crippen molar-refractivity contribution in [2.24, 2.45) is 5.41 Å². The van der Waals surface area contributed by atoms with E-state index < -0.39 is 25.8 Å². The first-order valence-electron chi connectivity index (χ1n) is 10.6. The second kappa shape index (κ2) is 8.17. The second-order valence-corrected chi connectivity index (χ2v) is 8.71. The maximum absolute atomic E-state index is 12.8. The maximum Gasteiger partial charge on any atom is 0.422 e. The number of hydrogen-bond donors (Lipinski definition) is 0. The molecule has 0 unspecified atom stereocenters. The highest BCUT2D eigenvalue weighted by molar-refractivity contribution is 5.71. The lowest BCUT2D eigenvalue weighted by molar-refractivity contribution is -0.154. The molecule has 5 rings (SSSR count). The molecule has 0 radical (unpaired) electrons. The van der Waals surface area contributed by atoms with Gasteiger partial charge in [-0.25, -0.2) is 28.4 Å². The van der Waals surface area contributed by atoms with Crippen LogP contribution in [0.5, 0.6) is 6.01 Å². The molecule has 1 spiro atoms. The fraction of sp³-hybridized carbons (Fsp3) is 0.550. The molecule has 3 aromatic heterocycles. The van der Waals surface area contributed by atoms with E-state index in [0.29, 0.717) is 22.7 Å². The average molecular weight is 484 g/mol. The lowest BCUT2D eigenvalue weighted by Gasteiger charge is -2.49. The van der Waals surface area contributed by atoms with E-state index in [1.807, 2.05) is 0 Å². The molecule has 0 bridgehead atoms. The van der Waals surface area contributed by atoms with E-state index in [0.717, 1.165) is 43.0 Å². The number of fused-ring (bicyclic) bond motifs is 1. The predicted molar refractivity (Wildman–Crippen MR) is 111 cm³/mol. The Morgan fingerprint density at radius 2 is 1.82 bits per heavy atom. The zero-order valence-corrected chi connectivity index (χ0v) is 18.1. The minimum atomic E-state index is -4.45. The van der Waals surface area contributed by atoms with Gasteiger partial charge in [0.1, 0.15) is 17.9 Å². The smallest absolute Gasteiger partial charge is 0.422 e. The van der Waals surface area contributed by atoms with Crippen molar-refractivity contribution in [2.75, 3.05) is 42.6 Å². The van der Waals surface area contributed by atoms with Gasteiger partial charge in [0.15, 0.2) is 12.3 Å². The topological polar surface area (TPSA) is 85.1 Å². The van der Waals surface area contributed by atoms with E-state index in [1.54, 1.807) is 13.1 Å². The number of halogens is 5. The Morgan fingerprint density at radius 3 is 2.53 bits per heavy atom. The van der Waals surface area contributed by atoms with Crippen LogP contribution in [0, 0.1) is 12.3 Å². The van der Waals surface area contributed by atoms with Crippen molar-refractivity contribution in [1.82, 2.24) is 29.7 Å². The molecule has 182 valence electrons. The van der Waals surface area contributed by atoms with Crippen LogP contribution in [0.25, 0.3) is 11.2 Å². The minimum absolute atomic E-state index is 0.0117. The van der Waals surface area contributed by atoms with Crippen molar-refractivity contribution in [2.45, 2.75) is 32.5 Å². The lowest BCUT2D eigenvalue weighted by Crippen LogP contribution is -2.58. The van der Waals surface area contributed by atoms with Gasteiger partial charge in [0.2, 0.25) is 0 Å². The van der Waals surface area contributed by atoms with Gasteiger partial charge in [-0.3, -0.25) is 0 Å². The summed E-state index contributed by atoms with van der Waals surface area (Å²) >= 11 is 0. The number of aryl methyl sites for hydroxylation is 1. The van der Waals surface area contributed by atoms with Gasteiger partial charge in [-0.2, -0.15) is 23.3 Å². The molecule has 2 saturated heterocycles. The molecule has 0 aliphatic carbocycles. The van der Waals surface area contributed by atoms with Crippen molar-refractivity contribution in [3.05, 3.63) is 24.3 Å². The van der Waals surface area contributed by atoms with E-state index in [4.69, 9.17) is 0 Å². The number of ether oxygens (including phenoxy) is 1. The quantitative estimate of drug-likeness (QED) is 0.494. The molecule has 0 amide bonds. The number of alkyl halides is 5. The van der Waals surface area contributed by atoms with E-state index in [-0.39, 0.29) is 11.4 Å². The first kappa shape index (κ1) is 22.5. The molecule has 0 aromatic carbocycles. The van der Waals surface area contributed by atoms with Gasteiger partial charge in [-0.15, -0.1) is 0 Å². The van der Waals surface area contributed by atoms with E-state index in [2.05, 4.69) is 39.6 Å². The highest BCUT2D eigenvalue weighted by Gasteiger charge is 2.48. The molecule has 3 aromatic rings. The van der Waals surface area contributed by atoms with Crippen molar-refractivity contribution in [1.29, 1.82) is 0 Å². The van der Waals surface area contributed by atoms with Crippen molar-refractivity contribution >= 4 is 22.7 Å². The van der Waals surface area contributed by atoms with Crippen LogP contribution in [0.3, 0.4) is 0 Å². The molecular weight excluding hydrogens is 463 g/mol. The van der Waals surface area contributed by atoms with Gasteiger partial charge in [-0.05, 0) is 13.3 Å². The fourth-order valence-electron chi connectivity index (χ4n) is 4.54. The lowest BCUT2D eigenvalue weighted by atomic mass is 9.78. The summed E-state index contributed by atoms with van der Waals surface area (Å²) in [7, 11) is 0. The summed E-state index contributed by atoms with van der Waals surface area (Å²) in [6, 6.07) is -0.305. The van der Waals surface area contributed by atoms with Crippen LogP contribution < -0.4 is 14.5 Å². The van der Waals surface area contributed by atoms with Crippen molar-refractivity contribution in [3.8, 4) is 6.01 Å². The van der Waals surface area contributed by atoms with Gasteiger partial charge in [-0.1, -0.05) is 0 Å². The number of anilines is 2. The number of rotatable bonds is 6. The predicted octanol–water partition coefficient (Wildman–Crippen LogP) is 2.85. The van der Waals surface area contributed by atoms with E-state index in [9.17, 15) is 22.0 Å². The van der Waals surface area contributed by atoms with Crippen LogP contribution in [0.4, 0.5) is 33.5 Å². The molecule has 2 fully saturated rings. The third kappa shape index (κ3) is 4.40. The molecule has 2 aliphatic rings. The van der Waals surface area contributed by atoms with Crippen LogP contribution in [0.15, 0.2) is 18.6 Å². The summed E-state index contributed by atoms with van der Waals surface area (Å²) in [5, 5.41) is 3.95. The summed E-state index contributed by atoms with van der Waals surface area (Å²) in [5.74, 6) is 0.615. The fourth-order valence-corrected chi connectivity index (χ4v) is 4.54. The normalized spacial score (nSPS) is 17.7. The molecule has 0 saturated carbocycles. The van der Waals surface area contributed by atoms with Gasteiger partial charge in [0.25, 0.3) is 6.43 Å². The molecular formula is C20H21F5N8O. The van der Waals surface area contributed by atoms with Crippen LogP contribution in [0.2, 0.25) is 0 Å². The zero-order chi connectivity index (χ0) is 24.1. The molecule has 0 atom stereocenters. The van der Waals surface area contributed by atoms with E-state index >= 15 is 0 Å². The number of hydrogen-bond acceptors (Lipinski definition) is 8. The van der Waals surface area contributed by atoms with Crippen LogP contribution >= 0.6 is 0 Å². The number of nitrogens with zero attached hydrogens (tertiary/aromatic N) is 8. The summed E-state index contributed by atoms with van der Waals surface area (Å²) < 4.78 is 68.4. The van der Waals surface area contributed by atoms with Crippen LogP contribution in [-0.2, 0) is 6.54 Å². The summed E-state index contributed by atoms with van der Waals surface area (Å²) in [4.78, 5) is 21.0. The third-order valence-electron chi connectivity index (χ3n) is 6.10. The molecule has 5 heterocycles. The highest BCUT2D eigenvalue weighted by Crippen LogP contribution is 2.43. The van der Waals surface area contributed by atoms with Gasteiger partial charge in [0.05, 0.1) is 30.0 Å². The van der Waals surface area contributed by atoms with Gasteiger partial charge >= 0.3 is 12.2 Å². The van der Waals surface area contributed by atoms with Crippen molar-refractivity contribution in [3.63, 3.8) is 0 Å². The highest BCUT2D eigenvalue weighted by atomic mass is 19.4. The number of aromatic nitrogens is 6. The molecule has 0 N–H and O–H groups in total. The standard InChI is InChI=1S/C20H21F5N8O/c1-12-14(5-27-18(29-12)34-11-20(23,24)25)32-9-19(10-32)2-3-31(8-19)16-6-26-13-4-28-33(7-15(21)22)17(13)30-16/h4-6,15H,2-3,7-11H2,1H3. The molecule has 9 nitrogen and oxygen atoms in total. The Balaban J connectivity index is 1.23. The summed E-state index contributed by atoms with van der Waals surface area (Å²) in [6.45, 7) is 2.66. The Bertz CT molecular complexity index is 1190. The maximum atomic E-state index is 12.8. The van der Waals surface area contributed by atoms with Gasteiger partial charge < -0.3 is 14.5 Å². The third-order valence-corrected chi connectivity index (χ3v) is 6.10. The zero-order valence-electron chi connectivity index (χ0n) is 18.1. The Morgan fingerprint density at radius 1 is 1.06 bits per heavy atom. The molecule has 34 heavy (non-hydrogen) atoms. The Labute approximate surface area is 190 Å². The second-order valence-electron chi connectivity index (χ2n) is 8.71. The first-order chi connectivity index (χ1) is 16.1. The first-order valence-corrected chi connectivity index (χ1v) is 10.6. The molecule has 2 aliphatic heterocycles. The largest absolute Gasteiger partial charge is 0.454 e.